The van der Waals surface area contributed by atoms with Crippen LogP contribution in [0.25, 0.3) is 0 Å². The van der Waals surface area contributed by atoms with E-state index in [1.165, 1.54) is 5.23 Å². The van der Waals surface area contributed by atoms with Gasteiger partial charge in [-0.1, -0.05) is 12.1 Å². The van der Waals surface area contributed by atoms with Gasteiger partial charge in [-0.2, -0.15) is 0 Å². The lowest BCUT2D eigenvalue weighted by atomic mass is 10.0. The molecule has 110 valence electrons. The van der Waals surface area contributed by atoms with Crippen LogP contribution in [0.3, 0.4) is 0 Å². The van der Waals surface area contributed by atoms with Gasteiger partial charge in [-0.05, 0) is 39.3 Å². The molecular formula is C14H20N2O4. The number of nitrogens with zero attached hydrogens (tertiary/aromatic N) is 1. The molecule has 0 saturated heterocycles. The zero-order chi connectivity index (χ0) is 14.6. The molecule has 6 nitrogen and oxygen atoms in total. The van der Waals surface area contributed by atoms with Gasteiger partial charge in [-0.25, -0.2) is 4.79 Å². The van der Waals surface area contributed by atoms with E-state index >= 15 is 0 Å². The third kappa shape index (κ3) is 3.77. The van der Waals surface area contributed by atoms with E-state index in [1.807, 2.05) is 38.1 Å². The van der Waals surface area contributed by atoms with E-state index in [9.17, 15) is 4.79 Å². The van der Waals surface area contributed by atoms with Gasteiger partial charge in [0.2, 0.25) is 0 Å². The maximum Gasteiger partial charge on any atom is 0.407 e. The quantitative estimate of drug-likeness (QED) is 0.898. The second kappa shape index (κ2) is 6.00. The van der Waals surface area contributed by atoms with Crippen LogP contribution < -0.4 is 15.0 Å². The van der Waals surface area contributed by atoms with E-state index in [0.29, 0.717) is 31.1 Å². The number of hydroxylamine groups is 2. The van der Waals surface area contributed by atoms with Crippen molar-refractivity contribution in [2.45, 2.75) is 32.7 Å². The molecule has 0 unspecified atom stereocenters. The highest BCUT2D eigenvalue weighted by Gasteiger charge is 2.27. The molecule has 20 heavy (non-hydrogen) atoms. The van der Waals surface area contributed by atoms with Crippen molar-refractivity contribution in [2.75, 3.05) is 13.2 Å². The predicted octanol–water partition coefficient (Wildman–Crippen LogP) is 2.50. The number of carbonyl (C=O) groups is 1. The zero-order valence-corrected chi connectivity index (χ0v) is 12.0. The Labute approximate surface area is 118 Å². The van der Waals surface area contributed by atoms with Crippen LogP contribution in [0.5, 0.6) is 11.5 Å². The van der Waals surface area contributed by atoms with Gasteiger partial charge in [0, 0.05) is 10.8 Å². The molecule has 0 saturated carbocycles. The van der Waals surface area contributed by atoms with E-state index in [-0.39, 0.29) is 0 Å². The summed E-state index contributed by atoms with van der Waals surface area (Å²) < 4.78 is 4.87. The molecule has 0 atom stereocenters. The van der Waals surface area contributed by atoms with Crippen LogP contribution in [-0.2, 0) is 4.74 Å². The van der Waals surface area contributed by atoms with Crippen molar-refractivity contribution in [1.29, 1.82) is 0 Å². The van der Waals surface area contributed by atoms with Crippen molar-refractivity contribution in [1.82, 2.24) is 10.5 Å². The van der Waals surface area contributed by atoms with Crippen LogP contribution in [0.4, 0.5) is 4.79 Å². The highest BCUT2D eigenvalue weighted by Crippen LogP contribution is 2.33. The van der Waals surface area contributed by atoms with Crippen molar-refractivity contribution in [3.05, 3.63) is 24.3 Å². The molecule has 0 aromatic heterocycles. The normalized spacial score (nSPS) is 14.2. The number of rotatable bonds is 5. The van der Waals surface area contributed by atoms with Gasteiger partial charge in [-0.3, -0.25) is 0 Å². The Bertz CT molecular complexity index is 451. The third-order valence-corrected chi connectivity index (χ3v) is 2.88. The van der Waals surface area contributed by atoms with Crippen molar-refractivity contribution in [3.63, 3.8) is 0 Å². The third-order valence-electron chi connectivity index (χ3n) is 2.88. The molecule has 1 aliphatic heterocycles. The van der Waals surface area contributed by atoms with E-state index in [4.69, 9.17) is 14.4 Å². The summed E-state index contributed by atoms with van der Waals surface area (Å²) in [5, 5.41) is 4.22. The van der Waals surface area contributed by atoms with Gasteiger partial charge in [0.05, 0.1) is 13.2 Å². The number of hydrogen-bond acceptors (Lipinski definition) is 5. The van der Waals surface area contributed by atoms with E-state index in [2.05, 4.69) is 5.32 Å². The number of ether oxygens (including phenoxy) is 1. The number of amides is 1. The van der Waals surface area contributed by atoms with E-state index in [0.717, 1.165) is 0 Å². The van der Waals surface area contributed by atoms with Gasteiger partial charge in [0.15, 0.2) is 11.5 Å². The monoisotopic (exact) mass is 280 g/mol. The summed E-state index contributed by atoms with van der Waals surface area (Å²) in [7, 11) is 0. The molecule has 1 aromatic carbocycles. The molecule has 0 aliphatic carbocycles. The van der Waals surface area contributed by atoms with Crippen molar-refractivity contribution in [3.8, 4) is 11.5 Å². The zero-order valence-electron chi connectivity index (χ0n) is 12.0. The SMILES string of the molecule is CCOC(=O)NC(C)(C)CCN1Oc2ccccc2O1. The van der Waals surface area contributed by atoms with Crippen LogP contribution >= 0.6 is 0 Å². The summed E-state index contributed by atoms with van der Waals surface area (Å²) in [6.45, 7) is 6.50. The molecule has 0 spiro atoms. The van der Waals surface area contributed by atoms with Crippen LogP contribution in [0.1, 0.15) is 27.2 Å². The number of fused-ring (bicyclic) bond motifs is 1. The number of alkyl carbamates (subject to hydrolysis) is 1. The van der Waals surface area contributed by atoms with Crippen LogP contribution in [0, 0.1) is 0 Å². The summed E-state index contributed by atoms with van der Waals surface area (Å²) in [5.41, 5.74) is -0.409. The van der Waals surface area contributed by atoms with Gasteiger partial charge in [0.25, 0.3) is 0 Å². The summed E-state index contributed by atoms with van der Waals surface area (Å²) in [6.07, 6.45) is 0.240. The Kier molecular flexibility index (Phi) is 4.34. The minimum Gasteiger partial charge on any atom is -0.450 e. The molecule has 0 fully saturated rings. The van der Waals surface area contributed by atoms with Gasteiger partial charge in [0.1, 0.15) is 0 Å². The smallest absolute Gasteiger partial charge is 0.407 e. The second-order valence-corrected chi connectivity index (χ2v) is 5.17. The fraction of sp³-hybridized carbons (Fsp3) is 0.500. The van der Waals surface area contributed by atoms with Crippen LogP contribution in [-0.4, -0.2) is 30.0 Å². The fourth-order valence-corrected chi connectivity index (χ4v) is 1.81. The first-order valence-corrected chi connectivity index (χ1v) is 6.67. The molecule has 1 aromatic rings. The lowest BCUT2D eigenvalue weighted by Gasteiger charge is -2.26. The summed E-state index contributed by atoms with van der Waals surface area (Å²) in [5.74, 6) is 1.40. The molecule has 1 heterocycles. The van der Waals surface area contributed by atoms with Gasteiger partial charge >= 0.3 is 6.09 Å². The van der Waals surface area contributed by atoms with Crippen molar-refractivity contribution < 1.29 is 19.2 Å². The number of para-hydroxylation sites is 2. The Morgan fingerprint density at radius 1 is 1.30 bits per heavy atom. The maximum atomic E-state index is 11.4. The Hall–Kier alpha value is -1.95. The number of nitrogens with one attached hydrogen (secondary N) is 1. The summed E-state index contributed by atoms with van der Waals surface area (Å²) in [6, 6.07) is 7.46. The largest absolute Gasteiger partial charge is 0.450 e. The maximum absolute atomic E-state index is 11.4. The highest BCUT2D eigenvalue weighted by atomic mass is 17.0. The number of carbonyl (C=O) groups excluding carboxylic acids is 1. The summed E-state index contributed by atoms with van der Waals surface area (Å²) in [4.78, 5) is 22.5. The van der Waals surface area contributed by atoms with Crippen molar-refractivity contribution in [2.24, 2.45) is 0 Å². The number of hydrogen-bond donors (Lipinski definition) is 1. The standard InChI is InChI=1S/C14H20N2O4/c1-4-18-13(17)15-14(2,3)9-10-16-19-11-7-5-6-8-12(11)20-16/h5-8H,4,9-10H2,1-3H3,(H,15,17). The molecule has 1 aliphatic rings. The minimum absolute atomic E-state index is 0.357. The van der Waals surface area contributed by atoms with E-state index in [1.54, 1.807) is 6.92 Å². The van der Waals surface area contributed by atoms with Crippen LogP contribution in [0.2, 0.25) is 0 Å². The molecule has 6 heteroatoms. The Balaban J connectivity index is 1.80. The molecule has 0 radical (unpaired) electrons. The molecule has 0 bridgehead atoms. The molecule has 2 rings (SSSR count). The minimum atomic E-state index is -0.413. The second-order valence-electron chi connectivity index (χ2n) is 5.17. The average Bonchev–Trinajstić information content (AvgIpc) is 2.79. The first-order valence-electron chi connectivity index (χ1n) is 6.67. The highest BCUT2D eigenvalue weighted by molar-refractivity contribution is 5.68. The Morgan fingerprint density at radius 2 is 1.90 bits per heavy atom. The van der Waals surface area contributed by atoms with Gasteiger partial charge in [-0.15, -0.1) is 0 Å². The van der Waals surface area contributed by atoms with Crippen molar-refractivity contribution >= 4 is 6.09 Å². The fourth-order valence-electron chi connectivity index (χ4n) is 1.81. The molecular weight excluding hydrogens is 260 g/mol. The molecule has 1 N–H and O–H groups in total. The topological polar surface area (TPSA) is 60.0 Å². The lowest BCUT2D eigenvalue weighted by molar-refractivity contribution is -0.227. The average molecular weight is 280 g/mol. The summed E-state index contributed by atoms with van der Waals surface area (Å²) >= 11 is 0. The Morgan fingerprint density at radius 3 is 2.45 bits per heavy atom. The number of benzene rings is 1. The van der Waals surface area contributed by atoms with Gasteiger partial charge < -0.3 is 19.7 Å². The van der Waals surface area contributed by atoms with Crippen LogP contribution in [0.15, 0.2) is 24.3 Å². The predicted molar refractivity (Wildman–Crippen MR) is 73.3 cm³/mol. The lowest BCUT2D eigenvalue weighted by Crippen LogP contribution is -2.46. The first-order chi connectivity index (χ1) is 9.50. The van der Waals surface area contributed by atoms with E-state index < -0.39 is 11.6 Å². The first kappa shape index (κ1) is 14.5. The molecule has 1 amide bonds.